The summed E-state index contributed by atoms with van der Waals surface area (Å²) in [6.07, 6.45) is 0.766. The second kappa shape index (κ2) is 7.36. The average Bonchev–Trinajstić information content (AvgIpc) is 3.01. The fraction of sp³-hybridized carbons (Fsp3) is 0.130. The van der Waals surface area contributed by atoms with Gasteiger partial charge in [-0.2, -0.15) is 0 Å². The van der Waals surface area contributed by atoms with Gasteiger partial charge in [-0.05, 0) is 35.9 Å². The Bertz CT molecular complexity index is 967. The van der Waals surface area contributed by atoms with Crippen molar-refractivity contribution in [2.45, 2.75) is 12.5 Å². The Hall–Kier alpha value is -2.55. The van der Waals surface area contributed by atoms with E-state index in [1.807, 2.05) is 24.3 Å². The molecule has 0 atom stereocenters. The fourth-order valence-electron chi connectivity index (χ4n) is 3.56. The smallest absolute Gasteiger partial charge is 0.0842 e. The molecule has 129 valence electrons. The summed E-state index contributed by atoms with van der Waals surface area (Å²) in [6, 6.07) is 30.7. The van der Waals surface area contributed by atoms with Crippen LogP contribution in [0.3, 0.4) is 0 Å². The molecule has 0 saturated carbocycles. The van der Waals surface area contributed by atoms with Crippen molar-refractivity contribution in [1.29, 1.82) is 0 Å². The number of aromatic nitrogens is 1. The van der Waals surface area contributed by atoms with E-state index in [-0.39, 0.29) is 6.04 Å². The highest BCUT2D eigenvalue weighted by Crippen LogP contribution is 2.34. The van der Waals surface area contributed by atoms with Gasteiger partial charge in [0.2, 0.25) is 0 Å². The van der Waals surface area contributed by atoms with E-state index in [0.717, 1.165) is 28.0 Å². The molecule has 1 radical (unpaired) electrons. The minimum Gasteiger partial charge on any atom is -0.332 e. The first kappa shape index (κ1) is 16.9. The summed E-state index contributed by atoms with van der Waals surface area (Å²) in [4.78, 5) is 0. The van der Waals surface area contributed by atoms with Crippen LogP contribution in [0.5, 0.6) is 0 Å². The number of benzene rings is 3. The first-order valence-electron chi connectivity index (χ1n) is 8.79. The van der Waals surface area contributed by atoms with Gasteiger partial charge < -0.3 is 10.3 Å². The van der Waals surface area contributed by atoms with Crippen molar-refractivity contribution < 1.29 is 0 Å². The number of hydrogen-bond donors (Lipinski definition) is 1. The molecule has 0 unspecified atom stereocenters. The summed E-state index contributed by atoms with van der Waals surface area (Å²) in [7, 11) is 0. The topological polar surface area (TPSA) is 30.9 Å². The Morgan fingerprint density at radius 2 is 1.50 bits per heavy atom. The second-order valence-electron chi connectivity index (χ2n) is 6.37. The van der Waals surface area contributed by atoms with Crippen LogP contribution in [0.2, 0.25) is 5.02 Å². The first-order chi connectivity index (χ1) is 12.8. The zero-order valence-electron chi connectivity index (χ0n) is 14.4. The Morgan fingerprint density at radius 1 is 0.885 bits per heavy atom. The van der Waals surface area contributed by atoms with Gasteiger partial charge in [-0.1, -0.05) is 72.3 Å². The molecule has 26 heavy (non-hydrogen) atoms. The summed E-state index contributed by atoms with van der Waals surface area (Å²) < 4.78 is 2.35. The van der Waals surface area contributed by atoms with Crippen molar-refractivity contribution in [3.8, 4) is 0 Å². The van der Waals surface area contributed by atoms with E-state index in [0.29, 0.717) is 6.54 Å². The molecular weight excluding hydrogens is 340 g/mol. The molecule has 0 aliphatic heterocycles. The van der Waals surface area contributed by atoms with Gasteiger partial charge in [0.25, 0.3) is 0 Å². The third-order valence-corrected chi connectivity index (χ3v) is 4.89. The lowest BCUT2D eigenvalue weighted by Crippen LogP contribution is -2.17. The average molecular weight is 360 g/mol. The summed E-state index contributed by atoms with van der Waals surface area (Å²) in [5.41, 5.74) is 10.6. The molecular formula is C23H20ClN2. The molecule has 0 saturated heterocycles. The number of hydrogen-bond acceptors (Lipinski definition) is 1. The standard InChI is InChI=1S/C23H20ClN2/c24-20-11-12-22-19(15-20)16-21(13-14-25)26(22)23(17-7-3-1-4-8-17)18-9-5-2-6-10-18/h1-12,15,23H,13-14,25H2. The van der Waals surface area contributed by atoms with Crippen LogP contribution in [-0.4, -0.2) is 11.1 Å². The number of nitrogens with zero attached hydrogens (tertiary/aromatic N) is 1. The maximum Gasteiger partial charge on any atom is 0.0842 e. The van der Waals surface area contributed by atoms with Gasteiger partial charge in [0.05, 0.1) is 6.04 Å². The third-order valence-electron chi connectivity index (χ3n) is 4.66. The van der Waals surface area contributed by atoms with E-state index in [1.54, 1.807) is 0 Å². The summed E-state index contributed by atoms with van der Waals surface area (Å²) in [6.45, 7) is 0.580. The minimum absolute atomic E-state index is 0.0638. The lowest BCUT2D eigenvalue weighted by molar-refractivity contribution is 0.662. The van der Waals surface area contributed by atoms with Crippen molar-refractivity contribution in [3.63, 3.8) is 0 Å². The van der Waals surface area contributed by atoms with Crippen LogP contribution in [0.1, 0.15) is 22.9 Å². The van der Waals surface area contributed by atoms with E-state index >= 15 is 0 Å². The zero-order valence-corrected chi connectivity index (χ0v) is 15.2. The molecule has 0 spiro atoms. The predicted molar refractivity (Wildman–Crippen MR) is 109 cm³/mol. The van der Waals surface area contributed by atoms with Crippen molar-refractivity contribution in [1.82, 2.24) is 4.57 Å². The minimum atomic E-state index is 0.0638. The molecule has 2 N–H and O–H groups in total. The SMILES string of the molecule is NCCc1[c]c2cc(Cl)ccc2n1C(c1ccccc1)c1ccccc1. The van der Waals surface area contributed by atoms with Crippen LogP contribution in [0.15, 0.2) is 78.9 Å². The Morgan fingerprint density at radius 3 is 2.08 bits per heavy atom. The van der Waals surface area contributed by atoms with E-state index in [9.17, 15) is 0 Å². The molecule has 1 aromatic heterocycles. The van der Waals surface area contributed by atoms with Crippen LogP contribution < -0.4 is 5.73 Å². The molecule has 1 heterocycles. The monoisotopic (exact) mass is 359 g/mol. The van der Waals surface area contributed by atoms with Gasteiger partial charge in [0.1, 0.15) is 0 Å². The third kappa shape index (κ3) is 3.14. The van der Waals surface area contributed by atoms with Crippen molar-refractivity contribution in [2.75, 3.05) is 6.54 Å². The summed E-state index contributed by atoms with van der Waals surface area (Å²) in [5, 5.41) is 1.75. The molecule has 4 rings (SSSR count). The second-order valence-corrected chi connectivity index (χ2v) is 6.80. The summed E-state index contributed by atoms with van der Waals surface area (Å²) >= 11 is 6.22. The maximum atomic E-state index is 6.22. The fourth-order valence-corrected chi connectivity index (χ4v) is 3.73. The van der Waals surface area contributed by atoms with Gasteiger partial charge in [0, 0.05) is 34.1 Å². The maximum absolute atomic E-state index is 6.22. The predicted octanol–water partition coefficient (Wildman–Crippen LogP) is 5.23. The number of halogens is 1. The van der Waals surface area contributed by atoms with Crippen molar-refractivity contribution in [3.05, 3.63) is 107 Å². The van der Waals surface area contributed by atoms with Gasteiger partial charge >= 0.3 is 0 Å². The lowest BCUT2D eigenvalue weighted by atomic mass is 9.98. The van der Waals surface area contributed by atoms with E-state index < -0.39 is 0 Å². The largest absolute Gasteiger partial charge is 0.332 e. The van der Waals surface area contributed by atoms with Crippen LogP contribution in [0.25, 0.3) is 10.9 Å². The van der Waals surface area contributed by atoms with Crippen molar-refractivity contribution in [2.24, 2.45) is 5.73 Å². The number of rotatable bonds is 5. The van der Waals surface area contributed by atoms with Crippen LogP contribution in [0.4, 0.5) is 0 Å². The van der Waals surface area contributed by atoms with E-state index in [4.69, 9.17) is 17.3 Å². The molecule has 3 heteroatoms. The van der Waals surface area contributed by atoms with Gasteiger partial charge in [-0.3, -0.25) is 0 Å². The van der Waals surface area contributed by atoms with Crippen LogP contribution >= 0.6 is 11.6 Å². The van der Waals surface area contributed by atoms with Gasteiger partial charge in [0.15, 0.2) is 0 Å². The Labute approximate surface area is 158 Å². The van der Waals surface area contributed by atoms with E-state index in [1.165, 1.54) is 11.1 Å². The summed E-state index contributed by atoms with van der Waals surface area (Å²) in [5.74, 6) is 0. The molecule has 0 aliphatic rings. The molecule has 3 aromatic carbocycles. The highest BCUT2D eigenvalue weighted by molar-refractivity contribution is 6.31. The number of nitrogens with two attached hydrogens (primary N) is 1. The first-order valence-corrected chi connectivity index (χ1v) is 9.17. The zero-order chi connectivity index (χ0) is 17.9. The highest BCUT2D eigenvalue weighted by Gasteiger charge is 2.21. The molecule has 0 fully saturated rings. The Balaban J connectivity index is 2.00. The normalized spacial score (nSPS) is 11.3. The van der Waals surface area contributed by atoms with Gasteiger partial charge in [-0.15, -0.1) is 0 Å². The van der Waals surface area contributed by atoms with Crippen molar-refractivity contribution >= 4 is 22.5 Å². The van der Waals surface area contributed by atoms with E-state index in [2.05, 4.69) is 65.2 Å². The molecule has 4 aromatic rings. The highest BCUT2D eigenvalue weighted by atomic mass is 35.5. The molecule has 0 amide bonds. The number of fused-ring (bicyclic) bond motifs is 1. The van der Waals surface area contributed by atoms with Crippen LogP contribution in [-0.2, 0) is 6.42 Å². The van der Waals surface area contributed by atoms with Gasteiger partial charge in [-0.25, -0.2) is 0 Å². The molecule has 0 bridgehead atoms. The quantitative estimate of drug-likeness (QED) is 0.519. The molecule has 2 nitrogen and oxygen atoms in total. The lowest BCUT2D eigenvalue weighted by Gasteiger charge is -2.24. The van der Waals surface area contributed by atoms with Crippen LogP contribution in [0, 0.1) is 6.07 Å². The molecule has 0 aliphatic carbocycles. The Kier molecular flexibility index (Phi) is 4.79.